The predicted octanol–water partition coefficient (Wildman–Crippen LogP) is 2.46. The minimum atomic E-state index is -0.346. The van der Waals surface area contributed by atoms with E-state index in [4.69, 9.17) is 10.2 Å². The van der Waals surface area contributed by atoms with E-state index >= 15 is 0 Å². The van der Waals surface area contributed by atoms with Gasteiger partial charge in [-0.05, 0) is 24.1 Å². The summed E-state index contributed by atoms with van der Waals surface area (Å²) in [6, 6.07) is 7.65. The van der Waals surface area contributed by atoms with Gasteiger partial charge in [0.1, 0.15) is 12.0 Å². The fourth-order valence-electron chi connectivity index (χ4n) is 2.03. The Morgan fingerprint density at radius 3 is 3.05 bits per heavy atom. The number of benzene rings is 1. The molecule has 2 heterocycles. The Kier molecular flexibility index (Phi) is 3.61. The number of carbonyl (C=O) groups is 1. The summed E-state index contributed by atoms with van der Waals surface area (Å²) in [6.07, 6.45) is 3.62. The first kappa shape index (κ1) is 13.9. The average molecular weight is 297 g/mol. The molecule has 1 aromatic carbocycles. The Balaban J connectivity index is 1.78. The van der Waals surface area contributed by atoms with Crippen LogP contribution in [0.5, 0.6) is 0 Å². The smallest absolute Gasteiger partial charge is 0.277 e. The number of oxazole rings is 1. The van der Waals surface area contributed by atoms with Crippen molar-refractivity contribution in [1.29, 1.82) is 0 Å². The van der Waals surface area contributed by atoms with Crippen LogP contribution in [-0.4, -0.2) is 20.9 Å². The molecule has 0 aliphatic heterocycles. The van der Waals surface area contributed by atoms with Crippen LogP contribution in [0, 0.1) is 0 Å². The quantitative estimate of drug-likeness (QED) is 0.685. The highest BCUT2D eigenvalue weighted by Crippen LogP contribution is 2.21. The summed E-state index contributed by atoms with van der Waals surface area (Å²) in [5.41, 5.74) is 8.15. The molecule has 0 saturated carbocycles. The number of carbonyl (C=O) groups excluding carboxylic acids is 1. The number of hydrogen-bond donors (Lipinski definition) is 3. The maximum absolute atomic E-state index is 12.2. The summed E-state index contributed by atoms with van der Waals surface area (Å²) in [5.74, 6) is 0.147. The zero-order valence-electron chi connectivity index (χ0n) is 12.0. The number of nitrogens with zero attached hydrogens (tertiary/aromatic N) is 2. The van der Waals surface area contributed by atoms with Gasteiger partial charge in [0.25, 0.3) is 5.91 Å². The van der Waals surface area contributed by atoms with Gasteiger partial charge in [-0.3, -0.25) is 4.79 Å². The van der Waals surface area contributed by atoms with E-state index < -0.39 is 0 Å². The SMILES string of the molecule is CCc1cccc(NC(=O)c2coc(-c3[nH]cnc3N)n2)c1. The number of imidazole rings is 1. The molecule has 1 amide bonds. The van der Waals surface area contributed by atoms with Crippen LogP contribution < -0.4 is 11.1 Å². The Hall–Kier alpha value is -3.09. The van der Waals surface area contributed by atoms with Gasteiger partial charge in [-0.15, -0.1) is 0 Å². The fourth-order valence-corrected chi connectivity index (χ4v) is 2.03. The second-order valence-electron chi connectivity index (χ2n) is 4.71. The van der Waals surface area contributed by atoms with Crippen LogP contribution in [0.4, 0.5) is 11.5 Å². The molecule has 0 unspecified atom stereocenters. The van der Waals surface area contributed by atoms with Gasteiger partial charge in [-0.25, -0.2) is 9.97 Å². The fraction of sp³-hybridized carbons (Fsp3) is 0.133. The van der Waals surface area contributed by atoms with Crippen molar-refractivity contribution in [3.63, 3.8) is 0 Å². The van der Waals surface area contributed by atoms with Crippen LogP contribution in [0.15, 0.2) is 41.3 Å². The summed E-state index contributed by atoms with van der Waals surface area (Å²) in [4.78, 5) is 23.0. The maximum Gasteiger partial charge on any atom is 0.277 e. The lowest BCUT2D eigenvalue weighted by Gasteiger charge is -2.04. The molecule has 7 heteroatoms. The maximum atomic E-state index is 12.2. The molecule has 7 nitrogen and oxygen atoms in total. The first-order valence-corrected chi connectivity index (χ1v) is 6.82. The number of hydrogen-bond acceptors (Lipinski definition) is 5. The zero-order valence-corrected chi connectivity index (χ0v) is 12.0. The zero-order chi connectivity index (χ0) is 15.5. The molecule has 0 aliphatic rings. The highest BCUT2D eigenvalue weighted by molar-refractivity contribution is 6.02. The van der Waals surface area contributed by atoms with Crippen LogP contribution in [0.25, 0.3) is 11.6 Å². The van der Waals surface area contributed by atoms with Crippen LogP contribution in [-0.2, 0) is 6.42 Å². The van der Waals surface area contributed by atoms with Gasteiger partial charge in [0.15, 0.2) is 11.5 Å². The number of rotatable bonds is 4. The number of nitrogen functional groups attached to an aromatic ring is 1. The molecule has 22 heavy (non-hydrogen) atoms. The van der Waals surface area contributed by atoms with Gasteiger partial charge in [0.05, 0.1) is 6.33 Å². The number of nitrogens with one attached hydrogen (secondary N) is 2. The predicted molar refractivity (Wildman–Crippen MR) is 82.3 cm³/mol. The summed E-state index contributed by atoms with van der Waals surface area (Å²) in [5, 5.41) is 2.79. The minimum absolute atomic E-state index is 0.172. The standard InChI is InChI=1S/C15H15N5O2/c1-2-9-4-3-5-10(6-9)19-14(21)11-7-22-15(20-11)12-13(16)18-8-17-12/h3-8H,2,16H2,1H3,(H,17,18)(H,19,21). The summed E-state index contributed by atoms with van der Waals surface area (Å²) in [7, 11) is 0. The normalized spacial score (nSPS) is 10.6. The molecule has 0 fully saturated rings. The van der Waals surface area contributed by atoms with Gasteiger partial charge in [0, 0.05) is 5.69 Å². The monoisotopic (exact) mass is 297 g/mol. The van der Waals surface area contributed by atoms with E-state index in [1.165, 1.54) is 12.6 Å². The first-order chi connectivity index (χ1) is 10.7. The molecule has 3 aromatic rings. The van der Waals surface area contributed by atoms with E-state index in [9.17, 15) is 4.79 Å². The van der Waals surface area contributed by atoms with Crippen LogP contribution in [0.2, 0.25) is 0 Å². The third kappa shape index (κ3) is 2.69. The highest BCUT2D eigenvalue weighted by Gasteiger charge is 2.16. The molecule has 112 valence electrons. The van der Waals surface area contributed by atoms with E-state index in [1.54, 1.807) is 0 Å². The third-order valence-corrected chi connectivity index (χ3v) is 3.21. The van der Waals surface area contributed by atoms with Gasteiger partial charge >= 0.3 is 0 Å². The Morgan fingerprint density at radius 2 is 2.32 bits per heavy atom. The minimum Gasteiger partial charge on any atom is -0.442 e. The third-order valence-electron chi connectivity index (χ3n) is 3.21. The van der Waals surface area contributed by atoms with Gasteiger partial charge in [-0.1, -0.05) is 19.1 Å². The lowest BCUT2D eigenvalue weighted by Crippen LogP contribution is -2.12. The van der Waals surface area contributed by atoms with E-state index in [0.29, 0.717) is 5.69 Å². The molecule has 0 bridgehead atoms. The Morgan fingerprint density at radius 1 is 1.45 bits per heavy atom. The largest absolute Gasteiger partial charge is 0.442 e. The topological polar surface area (TPSA) is 110 Å². The molecule has 2 aromatic heterocycles. The van der Waals surface area contributed by atoms with Gasteiger partial charge < -0.3 is 20.5 Å². The number of H-pyrrole nitrogens is 1. The van der Waals surface area contributed by atoms with E-state index in [-0.39, 0.29) is 23.3 Å². The van der Waals surface area contributed by atoms with E-state index in [1.807, 2.05) is 24.3 Å². The van der Waals surface area contributed by atoms with Crippen LogP contribution >= 0.6 is 0 Å². The van der Waals surface area contributed by atoms with Crippen molar-refractivity contribution in [1.82, 2.24) is 15.0 Å². The first-order valence-electron chi connectivity index (χ1n) is 6.82. The van der Waals surface area contributed by atoms with Gasteiger partial charge in [-0.2, -0.15) is 0 Å². The molecule has 4 N–H and O–H groups in total. The number of anilines is 2. The number of aryl methyl sites for hydroxylation is 1. The van der Waals surface area contributed by atoms with Crippen molar-refractivity contribution in [3.8, 4) is 11.6 Å². The van der Waals surface area contributed by atoms with E-state index in [0.717, 1.165) is 17.7 Å². The molecule has 0 atom stereocenters. The van der Waals surface area contributed by atoms with Crippen molar-refractivity contribution in [3.05, 3.63) is 48.1 Å². The molecular formula is C15H15N5O2. The number of amides is 1. The Labute approximate surface area is 126 Å². The molecule has 0 spiro atoms. The Bertz CT molecular complexity index is 806. The number of aromatic nitrogens is 3. The summed E-state index contributed by atoms with van der Waals surface area (Å²) in [6.45, 7) is 2.06. The van der Waals surface area contributed by atoms with Crippen molar-refractivity contribution in [2.45, 2.75) is 13.3 Å². The van der Waals surface area contributed by atoms with Crippen LogP contribution in [0.3, 0.4) is 0 Å². The highest BCUT2D eigenvalue weighted by atomic mass is 16.3. The number of nitrogens with two attached hydrogens (primary N) is 1. The van der Waals surface area contributed by atoms with Crippen molar-refractivity contribution < 1.29 is 9.21 Å². The lowest BCUT2D eigenvalue weighted by atomic mass is 10.1. The van der Waals surface area contributed by atoms with Crippen molar-refractivity contribution >= 4 is 17.4 Å². The van der Waals surface area contributed by atoms with Gasteiger partial charge in [0.2, 0.25) is 5.89 Å². The number of aromatic amines is 1. The second-order valence-corrected chi connectivity index (χ2v) is 4.71. The molecule has 3 rings (SSSR count). The lowest BCUT2D eigenvalue weighted by molar-refractivity contribution is 0.102. The molecule has 0 radical (unpaired) electrons. The van der Waals surface area contributed by atoms with Crippen LogP contribution in [0.1, 0.15) is 23.0 Å². The van der Waals surface area contributed by atoms with Crippen molar-refractivity contribution in [2.75, 3.05) is 11.1 Å². The summed E-state index contributed by atoms with van der Waals surface area (Å²) < 4.78 is 5.27. The van der Waals surface area contributed by atoms with Crippen molar-refractivity contribution in [2.24, 2.45) is 0 Å². The molecular weight excluding hydrogens is 282 g/mol. The summed E-state index contributed by atoms with van der Waals surface area (Å²) >= 11 is 0. The van der Waals surface area contributed by atoms with E-state index in [2.05, 4.69) is 27.2 Å². The second kappa shape index (κ2) is 5.72. The molecule has 0 aliphatic carbocycles. The molecule has 0 saturated heterocycles. The average Bonchev–Trinajstić information content (AvgIpc) is 3.16.